The first kappa shape index (κ1) is 18.1. The van der Waals surface area contributed by atoms with Gasteiger partial charge in [0.2, 0.25) is 11.8 Å². The van der Waals surface area contributed by atoms with Crippen LogP contribution in [0.4, 0.5) is 0 Å². The molecule has 3 aliphatic rings. The van der Waals surface area contributed by atoms with Gasteiger partial charge in [-0.1, -0.05) is 0 Å². The van der Waals surface area contributed by atoms with Gasteiger partial charge in [0.25, 0.3) is 5.91 Å². The van der Waals surface area contributed by atoms with Crippen LogP contribution >= 0.6 is 0 Å². The molecule has 3 amide bonds. The van der Waals surface area contributed by atoms with Gasteiger partial charge in [-0.2, -0.15) is 0 Å². The minimum atomic E-state index is -0.170. The molecular formula is C20H27N3O4. The van der Waals surface area contributed by atoms with Crippen LogP contribution in [0.5, 0.6) is 0 Å². The van der Waals surface area contributed by atoms with Gasteiger partial charge in [-0.15, -0.1) is 0 Å². The van der Waals surface area contributed by atoms with E-state index in [1.807, 2.05) is 14.7 Å². The van der Waals surface area contributed by atoms with Crippen LogP contribution in [0.1, 0.15) is 42.7 Å². The Hall–Kier alpha value is -2.31. The fraction of sp³-hybridized carbons (Fsp3) is 0.650. The molecule has 0 saturated carbocycles. The summed E-state index contributed by atoms with van der Waals surface area (Å²) >= 11 is 0. The Kier molecular flexibility index (Phi) is 5.18. The van der Waals surface area contributed by atoms with Gasteiger partial charge < -0.3 is 19.1 Å². The van der Waals surface area contributed by atoms with Gasteiger partial charge in [-0.3, -0.25) is 14.4 Å². The Bertz CT molecular complexity index is 688. The molecule has 7 nitrogen and oxygen atoms in total. The molecule has 0 N–H and O–H groups in total. The van der Waals surface area contributed by atoms with E-state index in [0.717, 1.165) is 38.8 Å². The van der Waals surface area contributed by atoms with Crippen LogP contribution in [0.15, 0.2) is 22.8 Å². The van der Waals surface area contributed by atoms with Crippen LogP contribution in [0.3, 0.4) is 0 Å². The predicted molar refractivity (Wildman–Crippen MR) is 97.8 cm³/mol. The number of carbonyl (C=O) groups excluding carboxylic acids is 3. The van der Waals surface area contributed by atoms with Gasteiger partial charge >= 0.3 is 0 Å². The standard InChI is InChI=1S/C20H27N3O4/c24-18-12-16(19(25)21-7-1-2-8-21)14-23(18)13-15-5-9-22(10-6-15)20(26)17-4-3-11-27-17/h3-4,11,15-16H,1-2,5-10,12-14H2. The Morgan fingerprint density at radius 2 is 1.81 bits per heavy atom. The molecule has 3 saturated heterocycles. The summed E-state index contributed by atoms with van der Waals surface area (Å²) in [5, 5.41) is 0. The largest absolute Gasteiger partial charge is 0.459 e. The van der Waals surface area contributed by atoms with Crippen LogP contribution in [0, 0.1) is 11.8 Å². The van der Waals surface area contributed by atoms with Crippen molar-refractivity contribution in [1.82, 2.24) is 14.7 Å². The number of hydrogen-bond acceptors (Lipinski definition) is 4. The molecule has 4 heterocycles. The summed E-state index contributed by atoms with van der Waals surface area (Å²) < 4.78 is 5.19. The third-order valence-corrected chi connectivity index (χ3v) is 6.09. The maximum absolute atomic E-state index is 12.6. The smallest absolute Gasteiger partial charge is 0.289 e. The Morgan fingerprint density at radius 3 is 2.48 bits per heavy atom. The first-order valence-corrected chi connectivity index (χ1v) is 10.0. The predicted octanol–water partition coefficient (Wildman–Crippen LogP) is 1.60. The number of rotatable bonds is 4. The molecule has 3 fully saturated rings. The highest BCUT2D eigenvalue weighted by Crippen LogP contribution is 2.26. The molecule has 1 atom stereocenters. The lowest BCUT2D eigenvalue weighted by molar-refractivity contribution is -0.134. The Labute approximate surface area is 159 Å². The number of amides is 3. The molecule has 146 valence electrons. The van der Waals surface area contributed by atoms with Crippen LogP contribution < -0.4 is 0 Å². The van der Waals surface area contributed by atoms with E-state index in [0.29, 0.717) is 44.3 Å². The maximum atomic E-state index is 12.6. The summed E-state index contributed by atoms with van der Waals surface area (Å²) in [6, 6.07) is 3.41. The van der Waals surface area contributed by atoms with Crippen molar-refractivity contribution in [3.63, 3.8) is 0 Å². The lowest BCUT2D eigenvalue weighted by Crippen LogP contribution is -2.42. The highest BCUT2D eigenvalue weighted by molar-refractivity contribution is 5.91. The lowest BCUT2D eigenvalue weighted by atomic mass is 9.96. The van der Waals surface area contributed by atoms with Crippen LogP contribution in [-0.4, -0.2) is 71.7 Å². The van der Waals surface area contributed by atoms with Crippen molar-refractivity contribution >= 4 is 17.7 Å². The van der Waals surface area contributed by atoms with Crippen molar-refractivity contribution in [1.29, 1.82) is 0 Å². The molecule has 27 heavy (non-hydrogen) atoms. The summed E-state index contributed by atoms with van der Waals surface area (Å²) in [7, 11) is 0. The fourth-order valence-electron chi connectivity index (χ4n) is 4.50. The highest BCUT2D eigenvalue weighted by atomic mass is 16.3. The van der Waals surface area contributed by atoms with Crippen molar-refractivity contribution in [2.75, 3.05) is 39.3 Å². The second-order valence-corrected chi connectivity index (χ2v) is 7.95. The molecule has 3 aliphatic heterocycles. The molecule has 7 heteroatoms. The number of nitrogens with zero attached hydrogens (tertiary/aromatic N) is 3. The Balaban J connectivity index is 1.26. The third-order valence-electron chi connectivity index (χ3n) is 6.09. The summed E-state index contributed by atoms with van der Waals surface area (Å²) in [6.07, 6.45) is 5.77. The normalized spacial score (nSPS) is 24.1. The topological polar surface area (TPSA) is 74.1 Å². The van der Waals surface area contributed by atoms with Gasteiger partial charge in [0.1, 0.15) is 0 Å². The molecule has 0 radical (unpaired) electrons. The maximum Gasteiger partial charge on any atom is 0.289 e. The molecular weight excluding hydrogens is 346 g/mol. The lowest BCUT2D eigenvalue weighted by Gasteiger charge is -2.33. The second-order valence-electron chi connectivity index (χ2n) is 7.95. The van der Waals surface area contributed by atoms with Crippen molar-refractivity contribution in [2.24, 2.45) is 11.8 Å². The first-order chi connectivity index (χ1) is 13.1. The number of likely N-dealkylation sites (tertiary alicyclic amines) is 3. The number of furan rings is 1. The molecule has 0 bridgehead atoms. The zero-order valence-electron chi connectivity index (χ0n) is 15.6. The van der Waals surface area contributed by atoms with Crippen molar-refractivity contribution in [3.8, 4) is 0 Å². The fourth-order valence-corrected chi connectivity index (χ4v) is 4.50. The first-order valence-electron chi connectivity index (χ1n) is 10.0. The number of piperidine rings is 1. The van der Waals surface area contributed by atoms with E-state index in [1.165, 1.54) is 6.26 Å². The van der Waals surface area contributed by atoms with Crippen LogP contribution in [0.2, 0.25) is 0 Å². The highest BCUT2D eigenvalue weighted by Gasteiger charge is 2.38. The number of hydrogen-bond donors (Lipinski definition) is 0. The minimum Gasteiger partial charge on any atom is -0.459 e. The molecule has 0 spiro atoms. The summed E-state index contributed by atoms with van der Waals surface area (Å²) in [6.45, 7) is 4.30. The SMILES string of the molecule is O=C1CC(C(=O)N2CCCC2)CN1CC1CCN(C(=O)c2ccco2)CC1. The van der Waals surface area contributed by atoms with E-state index in [9.17, 15) is 14.4 Å². The van der Waals surface area contributed by atoms with E-state index in [2.05, 4.69) is 0 Å². The molecule has 1 aromatic heterocycles. The van der Waals surface area contributed by atoms with Crippen LogP contribution in [0.25, 0.3) is 0 Å². The van der Waals surface area contributed by atoms with Crippen LogP contribution in [-0.2, 0) is 9.59 Å². The van der Waals surface area contributed by atoms with Gasteiger partial charge in [0.15, 0.2) is 5.76 Å². The summed E-state index contributed by atoms with van der Waals surface area (Å²) in [5.41, 5.74) is 0. The minimum absolute atomic E-state index is 0.0630. The van der Waals surface area contributed by atoms with Gasteiger partial charge in [-0.25, -0.2) is 0 Å². The third kappa shape index (κ3) is 3.87. The molecule has 1 aromatic rings. The molecule has 0 aromatic carbocycles. The quantitative estimate of drug-likeness (QED) is 0.804. The monoisotopic (exact) mass is 373 g/mol. The molecule has 4 rings (SSSR count). The van der Waals surface area contributed by atoms with Gasteiger partial charge in [0, 0.05) is 45.7 Å². The van der Waals surface area contributed by atoms with E-state index in [4.69, 9.17) is 4.42 Å². The van der Waals surface area contributed by atoms with Crippen molar-refractivity contribution in [2.45, 2.75) is 32.1 Å². The van der Waals surface area contributed by atoms with Crippen molar-refractivity contribution in [3.05, 3.63) is 24.2 Å². The van der Waals surface area contributed by atoms with E-state index >= 15 is 0 Å². The number of carbonyl (C=O) groups is 3. The van der Waals surface area contributed by atoms with Crippen molar-refractivity contribution < 1.29 is 18.8 Å². The second kappa shape index (κ2) is 7.74. The van der Waals surface area contributed by atoms with E-state index < -0.39 is 0 Å². The zero-order valence-corrected chi connectivity index (χ0v) is 15.6. The summed E-state index contributed by atoms with van der Waals surface area (Å²) in [5.74, 6) is 0.786. The average molecular weight is 373 g/mol. The molecule has 0 aliphatic carbocycles. The summed E-state index contributed by atoms with van der Waals surface area (Å²) in [4.78, 5) is 42.9. The van der Waals surface area contributed by atoms with Gasteiger partial charge in [-0.05, 0) is 43.7 Å². The molecule has 1 unspecified atom stereocenters. The van der Waals surface area contributed by atoms with Gasteiger partial charge in [0.05, 0.1) is 12.2 Å². The zero-order chi connectivity index (χ0) is 18.8. The van der Waals surface area contributed by atoms with E-state index in [-0.39, 0.29) is 23.6 Å². The average Bonchev–Trinajstić information content (AvgIpc) is 3.44. The van der Waals surface area contributed by atoms with E-state index in [1.54, 1.807) is 12.1 Å². The Morgan fingerprint density at radius 1 is 1.07 bits per heavy atom.